The van der Waals surface area contributed by atoms with Crippen molar-refractivity contribution >= 4 is 27.1 Å². The molecule has 1 saturated carbocycles. The van der Waals surface area contributed by atoms with Crippen LogP contribution in [0.3, 0.4) is 0 Å². The van der Waals surface area contributed by atoms with Crippen molar-refractivity contribution in [3.05, 3.63) is 51.2 Å². The van der Waals surface area contributed by atoms with Gasteiger partial charge in [0, 0.05) is 24.0 Å². The number of aliphatic hydroxyl groups is 1. The van der Waals surface area contributed by atoms with Gasteiger partial charge in [-0.25, -0.2) is 8.42 Å². The second kappa shape index (κ2) is 11.9. The van der Waals surface area contributed by atoms with Crippen molar-refractivity contribution in [3.8, 4) is 0 Å². The van der Waals surface area contributed by atoms with Crippen LogP contribution in [0.1, 0.15) is 84.2 Å². The number of nitrogens with zero attached hydrogens (tertiary/aromatic N) is 1. The third-order valence-electron chi connectivity index (χ3n) is 8.04. The summed E-state index contributed by atoms with van der Waals surface area (Å²) in [5, 5.41) is 12.8. The maximum atomic E-state index is 13.1. The third-order valence-corrected chi connectivity index (χ3v) is 11.0. The van der Waals surface area contributed by atoms with Crippen LogP contribution in [0.2, 0.25) is 0 Å². The van der Waals surface area contributed by atoms with Gasteiger partial charge < -0.3 is 10.4 Å². The van der Waals surface area contributed by atoms with E-state index in [4.69, 9.17) is 0 Å². The number of benzene rings is 1. The number of hydrogen-bond donors (Lipinski definition) is 2. The van der Waals surface area contributed by atoms with Crippen molar-refractivity contribution in [2.24, 2.45) is 17.8 Å². The largest absolute Gasteiger partial charge is 0.394 e. The monoisotopic (exact) mass is 586 g/mol. The molecule has 2 atom stereocenters. The number of rotatable bonds is 9. The highest BCUT2D eigenvalue weighted by atomic mass is 32.2. The predicted octanol–water partition coefficient (Wildman–Crippen LogP) is 5.89. The fraction of sp³-hybridized carbons (Fsp3) is 0.607. The van der Waals surface area contributed by atoms with Gasteiger partial charge in [0.25, 0.3) is 5.91 Å². The Morgan fingerprint density at radius 2 is 1.79 bits per heavy atom. The Balaban J connectivity index is 1.41. The van der Waals surface area contributed by atoms with E-state index in [0.717, 1.165) is 17.0 Å². The molecule has 2 aromatic rings. The van der Waals surface area contributed by atoms with E-state index in [9.17, 15) is 31.5 Å². The Hall–Kier alpha value is -1.95. The fourth-order valence-corrected chi connectivity index (χ4v) is 8.13. The molecule has 39 heavy (non-hydrogen) atoms. The molecule has 216 valence electrons. The number of carbonyl (C=O) groups is 1. The Morgan fingerprint density at radius 1 is 1.15 bits per heavy atom. The molecule has 4 rings (SSSR count). The van der Waals surface area contributed by atoms with Gasteiger partial charge >= 0.3 is 6.18 Å². The smallest absolute Gasteiger partial charge is 0.391 e. The van der Waals surface area contributed by atoms with E-state index in [1.807, 2.05) is 6.07 Å². The van der Waals surface area contributed by atoms with Gasteiger partial charge in [0.2, 0.25) is 0 Å². The average molecular weight is 587 g/mol. The van der Waals surface area contributed by atoms with Crippen molar-refractivity contribution < 1.29 is 31.5 Å². The van der Waals surface area contributed by atoms with Crippen molar-refractivity contribution in [1.29, 1.82) is 0 Å². The summed E-state index contributed by atoms with van der Waals surface area (Å²) in [6.45, 7) is 6.90. The first-order valence-corrected chi connectivity index (χ1v) is 16.0. The molecule has 6 nitrogen and oxygen atoms in total. The van der Waals surface area contributed by atoms with Gasteiger partial charge in [-0.3, -0.25) is 9.69 Å². The van der Waals surface area contributed by atoms with Crippen molar-refractivity contribution in [1.82, 2.24) is 10.2 Å². The highest BCUT2D eigenvalue weighted by Crippen LogP contribution is 2.46. The Kier molecular flexibility index (Phi) is 9.15. The summed E-state index contributed by atoms with van der Waals surface area (Å²) < 4.78 is 63.4. The van der Waals surface area contributed by atoms with Crippen molar-refractivity contribution in [2.45, 2.75) is 76.2 Å². The van der Waals surface area contributed by atoms with Crippen LogP contribution in [0.5, 0.6) is 0 Å². The molecule has 1 amide bonds. The minimum Gasteiger partial charge on any atom is -0.394 e. The van der Waals surface area contributed by atoms with Crippen molar-refractivity contribution in [3.63, 3.8) is 0 Å². The van der Waals surface area contributed by atoms with Gasteiger partial charge in [0.1, 0.15) is 0 Å². The number of alkyl halides is 3. The lowest BCUT2D eigenvalue weighted by atomic mass is 9.81. The number of nitrogens with one attached hydrogen (secondary N) is 1. The lowest BCUT2D eigenvalue weighted by molar-refractivity contribution is -0.184. The molecule has 1 aromatic heterocycles. The molecular weight excluding hydrogens is 549 g/mol. The molecule has 0 saturated heterocycles. The summed E-state index contributed by atoms with van der Waals surface area (Å²) >= 11 is 1.43. The third kappa shape index (κ3) is 6.69. The molecule has 1 fully saturated rings. The second-order valence-electron chi connectivity index (χ2n) is 11.1. The molecule has 0 radical (unpaired) electrons. The highest BCUT2D eigenvalue weighted by Gasteiger charge is 2.43. The quantitative estimate of drug-likeness (QED) is 0.383. The van der Waals surface area contributed by atoms with E-state index in [0.29, 0.717) is 29.8 Å². The molecule has 0 bridgehead atoms. The summed E-state index contributed by atoms with van der Waals surface area (Å²) in [6, 6.07) is 7.49. The first-order chi connectivity index (χ1) is 18.3. The van der Waals surface area contributed by atoms with Gasteiger partial charge in [0.05, 0.1) is 34.1 Å². The summed E-state index contributed by atoms with van der Waals surface area (Å²) in [5.74, 6) is -0.982. The van der Waals surface area contributed by atoms with E-state index in [1.165, 1.54) is 23.5 Å². The molecule has 1 aromatic carbocycles. The number of halogens is 3. The second-order valence-corrected chi connectivity index (χ2v) is 14.4. The van der Waals surface area contributed by atoms with Crippen molar-refractivity contribution in [2.75, 3.05) is 18.9 Å². The number of carbonyl (C=O) groups excluding carboxylic acids is 1. The summed E-state index contributed by atoms with van der Waals surface area (Å²) in [6.07, 6.45) is -2.54. The summed E-state index contributed by atoms with van der Waals surface area (Å²) in [7, 11) is -3.34. The zero-order chi connectivity index (χ0) is 28.5. The minimum atomic E-state index is -4.10. The van der Waals surface area contributed by atoms with E-state index in [2.05, 4.69) is 24.1 Å². The molecule has 2 heterocycles. The highest BCUT2D eigenvalue weighted by molar-refractivity contribution is 7.91. The molecule has 2 N–H and O–H groups in total. The average Bonchev–Trinajstić information content (AvgIpc) is 3.44. The summed E-state index contributed by atoms with van der Waals surface area (Å²) in [4.78, 5) is 17.4. The molecular formula is C28H37F3N2O4S2. The van der Waals surface area contributed by atoms with Crippen LogP contribution in [0.4, 0.5) is 13.2 Å². The van der Waals surface area contributed by atoms with Crippen LogP contribution in [0.25, 0.3) is 0 Å². The lowest BCUT2D eigenvalue weighted by Crippen LogP contribution is -2.35. The number of amides is 1. The summed E-state index contributed by atoms with van der Waals surface area (Å²) in [5.41, 5.74) is 1.68. The first kappa shape index (κ1) is 30.0. The maximum Gasteiger partial charge on any atom is 0.391 e. The Bertz CT molecular complexity index is 1250. The van der Waals surface area contributed by atoms with Crippen LogP contribution in [-0.4, -0.2) is 49.4 Å². The van der Waals surface area contributed by atoms with Gasteiger partial charge in [-0.15, -0.1) is 11.3 Å². The first-order valence-electron chi connectivity index (χ1n) is 13.5. The minimum absolute atomic E-state index is 0.0104. The van der Waals surface area contributed by atoms with Gasteiger partial charge in [0.15, 0.2) is 9.84 Å². The van der Waals surface area contributed by atoms with Gasteiger partial charge in [-0.1, -0.05) is 32.9 Å². The van der Waals surface area contributed by atoms with E-state index >= 15 is 0 Å². The predicted molar refractivity (Wildman–Crippen MR) is 145 cm³/mol. The Labute approximate surface area is 232 Å². The van der Waals surface area contributed by atoms with Crippen LogP contribution >= 0.6 is 11.3 Å². The molecule has 2 unspecified atom stereocenters. The lowest BCUT2D eigenvalue weighted by Gasteiger charge is -2.35. The molecule has 0 spiro atoms. The zero-order valence-corrected chi connectivity index (χ0v) is 24.1. The molecule has 11 heteroatoms. The van der Waals surface area contributed by atoms with Crippen LogP contribution in [0, 0.1) is 17.8 Å². The van der Waals surface area contributed by atoms with Crippen LogP contribution < -0.4 is 5.32 Å². The SMILES string of the molecule is CCS(=O)(=O)c1ccc(C(CO)NC(=O)c2cc3c(s2)C(C(C)C)N(CC2CCC(C(F)(F)F)CC2)C3)cc1. The van der Waals surface area contributed by atoms with E-state index < -0.39 is 28.0 Å². The van der Waals surface area contributed by atoms with Gasteiger partial charge in [-0.2, -0.15) is 13.2 Å². The molecule has 1 aliphatic carbocycles. The normalized spacial score (nSPS) is 23.1. The number of sulfone groups is 1. The zero-order valence-electron chi connectivity index (χ0n) is 22.5. The molecule has 2 aliphatic rings. The Morgan fingerprint density at radius 3 is 2.33 bits per heavy atom. The van der Waals surface area contributed by atoms with Crippen LogP contribution in [0.15, 0.2) is 35.2 Å². The fourth-order valence-electron chi connectivity index (χ4n) is 5.86. The number of fused-ring (bicyclic) bond motifs is 1. The number of aliphatic hydroxyl groups excluding tert-OH is 1. The topological polar surface area (TPSA) is 86.7 Å². The number of thiophene rings is 1. The number of hydrogen-bond acceptors (Lipinski definition) is 6. The van der Waals surface area contributed by atoms with E-state index in [-0.39, 0.29) is 53.9 Å². The van der Waals surface area contributed by atoms with Crippen LogP contribution in [-0.2, 0) is 16.4 Å². The maximum absolute atomic E-state index is 13.1. The van der Waals surface area contributed by atoms with E-state index in [1.54, 1.807) is 19.1 Å². The standard InChI is InChI=1S/C28H37F3N2O4S2/c1-4-39(36,37)22-11-7-19(8-12-22)23(16-34)32-27(35)24-13-20-15-33(25(17(2)3)26(20)38-24)14-18-5-9-21(10-6-18)28(29,30)31/h7-8,11-13,17-18,21,23,25,34H,4-6,9-10,14-16H2,1-3H3,(H,32,35). The molecule has 1 aliphatic heterocycles. The van der Waals surface area contributed by atoms with Gasteiger partial charge in [-0.05, 0) is 66.8 Å².